The normalized spacial score (nSPS) is 9.88. The van der Waals surface area contributed by atoms with Gasteiger partial charge in [-0.05, 0) is 13.8 Å². The summed E-state index contributed by atoms with van der Waals surface area (Å²) in [6.07, 6.45) is 0. The summed E-state index contributed by atoms with van der Waals surface area (Å²) in [4.78, 5) is 10.0. The minimum absolute atomic E-state index is 0. The Hall–Kier alpha value is 1.46. The SMILES string of the molecule is CC(C)(I)C(=O)O.[Ca]. The maximum Gasteiger partial charge on any atom is 0.319 e. The van der Waals surface area contributed by atoms with E-state index in [9.17, 15) is 4.79 Å². The van der Waals surface area contributed by atoms with Crippen molar-refractivity contribution in [1.29, 1.82) is 0 Å². The molecule has 2 radical (unpaired) electrons. The monoisotopic (exact) mass is 254 g/mol. The number of carbonyl (C=O) groups is 1. The third-order valence-electron chi connectivity index (χ3n) is 0.509. The van der Waals surface area contributed by atoms with Crippen LogP contribution in [0, 0.1) is 0 Å². The van der Waals surface area contributed by atoms with E-state index in [0.29, 0.717) is 0 Å². The Morgan fingerprint density at radius 2 is 1.75 bits per heavy atom. The van der Waals surface area contributed by atoms with Gasteiger partial charge in [0.05, 0.1) is 0 Å². The van der Waals surface area contributed by atoms with Crippen LogP contribution in [0.3, 0.4) is 0 Å². The van der Waals surface area contributed by atoms with Crippen molar-refractivity contribution in [1.82, 2.24) is 0 Å². The summed E-state index contributed by atoms with van der Waals surface area (Å²) in [5.74, 6) is -0.770. The molecule has 1 N–H and O–H groups in total. The molecule has 0 aliphatic carbocycles. The standard InChI is InChI=1S/C4H7IO2.Ca/c1-4(2,5)3(6)7;/h1-2H3,(H,6,7);. The molecule has 0 unspecified atom stereocenters. The second-order valence-electron chi connectivity index (χ2n) is 1.78. The number of rotatable bonds is 1. The molecule has 0 aliphatic rings. The van der Waals surface area contributed by atoms with E-state index in [4.69, 9.17) is 5.11 Å². The largest absolute Gasteiger partial charge is 0.480 e. The molecule has 0 aromatic carbocycles. The molecule has 2 nitrogen and oxygen atoms in total. The van der Waals surface area contributed by atoms with Gasteiger partial charge in [0, 0.05) is 37.7 Å². The molecule has 0 bridgehead atoms. The second-order valence-corrected chi connectivity index (χ2v) is 4.47. The first-order chi connectivity index (χ1) is 2.94. The molecule has 0 aromatic heterocycles. The van der Waals surface area contributed by atoms with Gasteiger partial charge in [-0.25, -0.2) is 0 Å². The molecular weight excluding hydrogens is 247 g/mol. The maximum absolute atomic E-state index is 10.0. The van der Waals surface area contributed by atoms with E-state index < -0.39 is 9.39 Å². The van der Waals surface area contributed by atoms with Gasteiger partial charge in [0.15, 0.2) is 0 Å². The van der Waals surface area contributed by atoms with Crippen LogP contribution in [-0.2, 0) is 4.79 Å². The summed E-state index contributed by atoms with van der Waals surface area (Å²) in [5.41, 5.74) is 0. The first kappa shape index (κ1) is 12.2. The molecule has 0 saturated carbocycles. The van der Waals surface area contributed by atoms with Crippen molar-refractivity contribution in [3.8, 4) is 0 Å². The van der Waals surface area contributed by atoms with Crippen LogP contribution < -0.4 is 0 Å². The van der Waals surface area contributed by atoms with Gasteiger partial charge in [0.1, 0.15) is 3.42 Å². The first-order valence-electron chi connectivity index (χ1n) is 1.87. The third kappa shape index (κ3) is 5.59. The van der Waals surface area contributed by atoms with Crippen LogP contribution in [-0.4, -0.2) is 52.2 Å². The van der Waals surface area contributed by atoms with Gasteiger partial charge >= 0.3 is 5.97 Å². The van der Waals surface area contributed by atoms with Gasteiger partial charge < -0.3 is 5.11 Å². The van der Waals surface area contributed by atoms with E-state index in [1.807, 2.05) is 22.6 Å². The first-order valence-corrected chi connectivity index (χ1v) is 2.95. The molecule has 8 heavy (non-hydrogen) atoms. The number of hydrogen-bond donors (Lipinski definition) is 1. The van der Waals surface area contributed by atoms with E-state index in [0.717, 1.165) is 0 Å². The number of carboxylic acid groups (broad SMARTS) is 1. The summed E-state index contributed by atoms with van der Waals surface area (Å²) < 4.78 is -0.613. The number of alkyl halides is 1. The average molecular weight is 254 g/mol. The van der Waals surface area contributed by atoms with Crippen molar-refractivity contribution < 1.29 is 9.90 Å². The molecular formula is C4H7CaIO2. The van der Waals surface area contributed by atoms with E-state index in [1.54, 1.807) is 13.8 Å². The Morgan fingerprint density at radius 3 is 1.75 bits per heavy atom. The van der Waals surface area contributed by atoms with Gasteiger partial charge in [0.25, 0.3) is 0 Å². The Morgan fingerprint density at radius 1 is 1.62 bits per heavy atom. The predicted molar refractivity (Wildman–Crippen MR) is 41.5 cm³/mol. The van der Waals surface area contributed by atoms with Crippen LogP contribution in [0.25, 0.3) is 0 Å². The van der Waals surface area contributed by atoms with Crippen molar-refractivity contribution in [3.63, 3.8) is 0 Å². The molecule has 0 heterocycles. The van der Waals surface area contributed by atoms with Crippen molar-refractivity contribution >= 4 is 66.3 Å². The Bertz CT molecular complexity index is 86.5. The van der Waals surface area contributed by atoms with Gasteiger partial charge in [-0.15, -0.1) is 0 Å². The predicted octanol–water partition coefficient (Wildman–Crippen LogP) is 0.904. The fourth-order valence-corrected chi connectivity index (χ4v) is 0. The van der Waals surface area contributed by atoms with Crippen LogP contribution in [0.5, 0.6) is 0 Å². The summed E-state index contributed by atoms with van der Waals surface area (Å²) in [7, 11) is 0. The minimum atomic E-state index is -0.770. The fourth-order valence-electron chi connectivity index (χ4n) is 0. The molecule has 0 fully saturated rings. The molecule has 0 saturated heterocycles. The summed E-state index contributed by atoms with van der Waals surface area (Å²) in [6, 6.07) is 0. The minimum Gasteiger partial charge on any atom is -0.480 e. The Balaban J connectivity index is 0. The average Bonchev–Trinajstić information content (AvgIpc) is 1.31. The van der Waals surface area contributed by atoms with Crippen LogP contribution >= 0.6 is 22.6 Å². The maximum atomic E-state index is 10.0. The van der Waals surface area contributed by atoms with Crippen LogP contribution in [0.4, 0.5) is 0 Å². The van der Waals surface area contributed by atoms with E-state index in [-0.39, 0.29) is 37.7 Å². The van der Waals surface area contributed by atoms with Crippen molar-refractivity contribution in [2.75, 3.05) is 0 Å². The molecule has 4 heteroatoms. The molecule has 0 spiro atoms. The molecule has 0 amide bonds. The zero-order chi connectivity index (χ0) is 6.08. The summed E-state index contributed by atoms with van der Waals surface area (Å²) in [5, 5.41) is 8.24. The van der Waals surface area contributed by atoms with Gasteiger partial charge in [-0.1, -0.05) is 22.6 Å². The zero-order valence-electron chi connectivity index (χ0n) is 4.94. The number of carboxylic acids is 1. The van der Waals surface area contributed by atoms with E-state index in [2.05, 4.69) is 0 Å². The topological polar surface area (TPSA) is 37.3 Å². The zero-order valence-corrected chi connectivity index (χ0v) is 9.31. The number of aliphatic carboxylic acids is 1. The van der Waals surface area contributed by atoms with Crippen LogP contribution in [0.1, 0.15) is 13.8 Å². The van der Waals surface area contributed by atoms with E-state index in [1.165, 1.54) is 0 Å². The van der Waals surface area contributed by atoms with Crippen LogP contribution in [0.15, 0.2) is 0 Å². The quantitative estimate of drug-likeness (QED) is 0.429. The summed E-state index contributed by atoms with van der Waals surface area (Å²) >= 11 is 1.87. The molecule has 0 rings (SSSR count). The van der Waals surface area contributed by atoms with Crippen molar-refractivity contribution in [3.05, 3.63) is 0 Å². The second kappa shape index (κ2) is 4.30. The molecule has 0 aliphatic heterocycles. The van der Waals surface area contributed by atoms with E-state index >= 15 is 0 Å². The molecule has 0 atom stereocenters. The Kier molecular flexibility index (Phi) is 6.54. The smallest absolute Gasteiger partial charge is 0.319 e. The van der Waals surface area contributed by atoms with Gasteiger partial charge in [-0.3, -0.25) is 4.79 Å². The molecule has 0 aromatic rings. The number of hydrogen-bond acceptors (Lipinski definition) is 1. The van der Waals surface area contributed by atoms with Gasteiger partial charge in [-0.2, -0.15) is 0 Å². The molecule has 44 valence electrons. The fraction of sp³-hybridized carbons (Fsp3) is 0.750. The number of halogens is 1. The van der Waals surface area contributed by atoms with Gasteiger partial charge in [0.2, 0.25) is 0 Å². The summed E-state index contributed by atoms with van der Waals surface area (Å²) in [6.45, 7) is 3.30. The Labute approximate surface area is 92.2 Å². The van der Waals surface area contributed by atoms with Crippen molar-refractivity contribution in [2.24, 2.45) is 0 Å². The van der Waals surface area contributed by atoms with Crippen molar-refractivity contribution in [2.45, 2.75) is 17.3 Å². The third-order valence-corrected chi connectivity index (χ3v) is 0.970. The van der Waals surface area contributed by atoms with Crippen LogP contribution in [0.2, 0.25) is 0 Å².